The van der Waals surface area contributed by atoms with Crippen molar-refractivity contribution in [1.82, 2.24) is 0 Å². The summed E-state index contributed by atoms with van der Waals surface area (Å²) >= 11 is 0. The molecule has 0 bridgehead atoms. The van der Waals surface area contributed by atoms with Crippen LogP contribution in [0.15, 0.2) is 42.5 Å². The topological polar surface area (TPSA) is 54.2 Å². The average molecular weight is 412 g/mol. The molecule has 2 aliphatic heterocycles. The van der Waals surface area contributed by atoms with Gasteiger partial charge in [0.25, 0.3) is 11.6 Å². The van der Waals surface area contributed by atoms with Gasteiger partial charge in [0.1, 0.15) is 11.5 Å². The summed E-state index contributed by atoms with van der Waals surface area (Å²) in [7, 11) is 3.34. The Labute approximate surface area is 178 Å². The third kappa shape index (κ3) is 3.60. The fourth-order valence-electron chi connectivity index (χ4n) is 4.53. The number of nitrogens with zero attached hydrogens (tertiary/aromatic N) is 2. The Hall–Kier alpha value is -2.73. The summed E-state index contributed by atoms with van der Waals surface area (Å²) in [6.07, 6.45) is 4.24. The van der Waals surface area contributed by atoms with Crippen LogP contribution >= 0.6 is 0 Å². The summed E-state index contributed by atoms with van der Waals surface area (Å²) in [4.78, 5) is 2.20. The normalized spacial score (nSPS) is 21.3. The number of ether oxygens (including phenoxy) is 3. The molecular weight excluding hydrogens is 380 g/mol. The zero-order valence-electron chi connectivity index (χ0n) is 18.1. The Morgan fingerprint density at radius 1 is 1.00 bits per heavy atom. The van der Waals surface area contributed by atoms with Crippen LogP contribution in [0.25, 0.3) is 0 Å². The molecule has 0 spiro atoms. The molecular formula is C24H31N2O4+. The molecule has 2 aromatic rings. The minimum atomic E-state index is -1.11. The summed E-state index contributed by atoms with van der Waals surface area (Å²) in [5.74, 6) is 3.48. The fraction of sp³-hybridized carbons (Fsp3) is 0.458. The van der Waals surface area contributed by atoms with Gasteiger partial charge in [-0.2, -0.15) is 0 Å². The van der Waals surface area contributed by atoms with Gasteiger partial charge in [0.15, 0.2) is 18.0 Å². The van der Waals surface area contributed by atoms with Crippen molar-refractivity contribution in [2.45, 2.75) is 38.3 Å². The van der Waals surface area contributed by atoms with E-state index in [4.69, 9.17) is 14.2 Å². The van der Waals surface area contributed by atoms with Crippen LogP contribution in [0, 0.1) is 0 Å². The van der Waals surface area contributed by atoms with Crippen molar-refractivity contribution >= 4 is 11.5 Å². The number of benzene rings is 2. The Bertz CT molecular complexity index is 925. The van der Waals surface area contributed by atoms with Crippen LogP contribution in [0.5, 0.6) is 17.2 Å². The van der Waals surface area contributed by atoms with Crippen molar-refractivity contribution in [2.24, 2.45) is 0 Å². The van der Waals surface area contributed by atoms with E-state index < -0.39 is 5.72 Å². The predicted molar refractivity (Wildman–Crippen MR) is 117 cm³/mol. The van der Waals surface area contributed by atoms with Crippen LogP contribution in [0.2, 0.25) is 0 Å². The first-order chi connectivity index (χ1) is 14.6. The second kappa shape index (κ2) is 8.56. The van der Waals surface area contributed by atoms with Gasteiger partial charge < -0.3 is 19.3 Å². The number of rotatable bonds is 6. The maximum Gasteiger partial charge on any atom is 0.271 e. The van der Waals surface area contributed by atoms with E-state index >= 15 is 0 Å². The monoisotopic (exact) mass is 411 g/mol. The van der Waals surface area contributed by atoms with Crippen LogP contribution in [-0.2, 0) is 5.72 Å². The lowest BCUT2D eigenvalue weighted by atomic mass is 10.0. The van der Waals surface area contributed by atoms with Crippen molar-refractivity contribution in [1.29, 1.82) is 0 Å². The highest BCUT2D eigenvalue weighted by molar-refractivity contribution is 5.97. The van der Waals surface area contributed by atoms with E-state index in [1.54, 1.807) is 14.2 Å². The summed E-state index contributed by atoms with van der Waals surface area (Å²) in [6, 6.07) is 13.6. The smallest absolute Gasteiger partial charge is 0.271 e. The molecule has 0 saturated carbocycles. The second-order valence-electron chi connectivity index (χ2n) is 7.78. The summed E-state index contributed by atoms with van der Waals surface area (Å²) < 4.78 is 18.9. The van der Waals surface area contributed by atoms with Crippen LogP contribution in [-0.4, -0.2) is 49.4 Å². The third-order valence-electron chi connectivity index (χ3n) is 6.03. The number of anilines is 1. The summed E-state index contributed by atoms with van der Waals surface area (Å²) in [5.41, 5.74) is 0.675. The molecule has 0 aromatic heterocycles. The van der Waals surface area contributed by atoms with Crippen molar-refractivity contribution in [3.8, 4) is 17.2 Å². The number of amidine groups is 1. The number of methoxy groups -OCH3 is 2. The van der Waals surface area contributed by atoms with Gasteiger partial charge in [-0.3, -0.25) is 0 Å². The molecule has 30 heavy (non-hydrogen) atoms. The SMILES string of the molecule is CCOc1ccc(C2(O)CN(c3cc(OC)ccc3OC)C3=[N+]2CCCCC3)cc1. The zero-order valence-corrected chi connectivity index (χ0v) is 18.1. The number of aliphatic hydroxyl groups is 1. The molecule has 4 rings (SSSR count). The summed E-state index contributed by atoms with van der Waals surface area (Å²) in [5, 5.41) is 12.0. The molecule has 2 aromatic carbocycles. The lowest BCUT2D eigenvalue weighted by Crippen LogP contribution is -2.41. The predicted octanol–water partition coefficient (Wildman–Crippen LogP) is 3.75. The Morgan fingerprint density at radius 3 is 2.47 bits per heavy atom. The molecule has 160 valence electrons. The highest BCUT2D eigenvalue weighted by Gasteiger charge is 2.52. The van der Waals surface area contributed by atoms with Crippen LogP contribution in [0.4, 0.5) is 5.69 Å². The second-order valence-corrected chi connectivity index (χ2v) is 7.78. The van der Waals surface area contributed by atoms with Gasteiger partial charge in [0.05, 0.1) is 27.4 Å². The van der Waals surface area contributed by atoms with E-state index in [0.29, 0.717) is 13.2 Å². The lowest BCUT2D eigenvalue weighted by Gasteiger charge is -2.24. The largest absolute Gasteiger partial charge is 0.497 e. The molecule has 6 nitrogen and oxygen atoms in total. The molecule has 1 unspecified atom stereocenters. The van der Waals surface area contributed by atoms with Gasteiger partial charge in [-0.1, -0.05) is 0 Å². The first-order valence-electron chi connectivity index (χ1n) is 10.7. The quantitative estimate of drug-likeness (QED) is 0.734. The maximum atomic E-state index is 12.0. The van der Waals surface area contributed by atoms with Crippen molar-refractivity contribution in [3.05, 3.63) is 48.0 Å². The van der Waals surface area contributed by atoms with Crippen LogP contribution in [0.3, 0.4) is 0 Å². The maximum absolute atomic E-state index is 12.0. The molecule has 6 heteroatoms. The highest BCUT2D eigenvalue weighted by atomic mass is 16.5. The molecule has 0 saturated heterocycles. The van der Waals surface area contributed by atoms with E-state index in [2.05, 4.69) is 9.48 Å². The Morgan fingerprint density at radius 2 is 1.77 bits per heavy atom. The van der Waals surface area contributed by atoms with E-state index in [0.717, 1.165) is 66.6 Å². The molecule has 1 N–H and O–H groups in total. The van der Waals surface area contributed by atoms with Gasteiger partial charge in [0.2, 0.25) is 0 Å². The number of β-amino-alcohol motifs (C(OH)–C–C–N with tert-alkyl or cyclic N) is 1. The average Bonchev–Trinajstić information content (AvgIpc) is 2.92. The minimum absolute atomic E-state index is 0.430. The van der Waals surface area contributed by atoms with E-state index in [1.165, 1.54) is 0 Å². The van der Waals surface area contributed by atoms with E-state index in [1.807, 2.05) is 49.4 Å². The molecule has 1 atom stereocenters. The molecule has 2 heterocycles. The lowest BCUT2D eigenvalue weighted by molar-refractivity contribution is -0.658. The Kier molecular flexibility index (Phi) is 5.86. The zero-order chi connectivity index (χ0) is 21.1. The Balaban J connectivity index is 1.79. The van der Waals surface area contributed by atoms with Gasteiger partial charge in [0, 0.05) is 18.1 Å². The van der Waals surface area contributed by atoms with Gasteiger partial charge in [-0.15, -0.1) is 0 Å². The van der Waals surface area contributed by atoms with Crippen LogP contribution < -0.4 is 19.1 Å². The minimum Gasteiger partial charge on any atom is -0.497 e. The number of hydrogen-bond donors (Lipinski definition) is 1. The molecule has 0 aliphatic carbocycles. The van der Waals surface area contributed by atoms with Gasteiger partial charge in [-0.05, 0) is 62.6 Å². The summed E-state index contributed by atoms with van der Waals surface area (Å²) in [6.45, 7) is 3.84. The molecule has 0 amide bonds. The standard InChI is InChI=1S/C24H31N2O4/c1-4-30-19-11-9-18(10-12-19)24(27)17-25(23-8-6-5-7-15-26(23)24)21-16-20(28-2)13-14-22(21)29-3/h9-14,16,27H,4-8,15,17H2,1-3H3/q+1. The third-order valence-corrected chi connectivity index (χ3v) is 6.03. The van der Waals surface area contributed by atoms with Crippen molar-refractivity contribution < 1.29 is 23.9 Å². The van der Waals surface area contributed by atoms with Gasteiger partial charge in [-0.25, -0.2) is 9.48 Å². The first kappa shape index (κ1) is 20.5. The number of hydrogen-bond acceptors (Lipinski definition) is 5. The van der Waals surface area contributed by atoms with Gasteiger partial charge >= 0.3 is 0 Å². The van der Waals surface area contributed by atoms with E-state index in [9.17, 15) is 5.11 Å². The molecule has 0 fully saturated rings. The fourth-order valence-corrected chi connectivity index (χ4v) is 4.53. The van der Waals surface area contributed by atoms with Crippen LogP contribution in [0.1, 0.15) is 38.2 Å². The first-order valence-corrected chi connectivity index (χ1v) is 10.7. The van der Waals surface area contributed by atoms with Crippen molar-refractivity contribution in [3.63, 3.8) is 0 Å². The molecule has 0 radical (unpaired) electrons. The van der Waals surface area contributed by atoms with Crippen molar-refractivity contribution in [2.75, 3.05) is 38.8 Å². The molecule has 2 aliphatic rings. The van der Waals surface area contributed by atoms with E-state index in [-0.39, 0.29) is 0 Å². The highest BCUT2D eigenvalue weighted by Crippen LogP contribution is 2.40.